The van der Waals surface area contributed by atoms with Crippen LogP contribution in [0.1, 0.15) is 15.9 Å². The molecule has 3 aromatic carbocycles. The Morgan fingerprint density at radius 1 is 1.12 bits per heavy atom. The lowest BCUT2D eigenvalue weighted by Crippen LogP contribution is -2.20. The van der Waals surface area contributed by atoms with Crippen molar-refractivity contribution < 1.29 is 19.2 Å². The van der Waals surface area contributed by atoms with E-state index in [9.17, 15) is 19.7 Å². The van der Waals surface area contributed by atoms with E-state index in [4.69, 9.17) is 16.3 Å². The van der Waals surface area contributed by atoms with Gasteiger partial charge >= 0.3 is 0 Å². The van der Waals surface area contributed by atoms with Crippen LogP contribution < -0.4 is 15.5 Å². The summed E-state index contributed by atoms with van der Waals surface area (Å²) in [6.45, 7) is -0.226. The number of para-hydroxylation sites is 1. The Labute approximate surface area is 201 Å². The van der Waals surface area contributed by atoms with Gasteiger partial charge in [-0.15, -0.1) is 0 Å². The Morgan fingerprint density at radius 2 is 1.91 bits per heavy atom. The third-order valence-corrected chi connectivity index (χ3v) is 5.11. The molecule has 0 aromatic heterocycles. The van der Waals surface area contributed by atoms with Crippen LogP contribution in [0, 0.1) is 10.1 Å². The molecule has 9 nitrogen and oxygen atoms in total. The van der Waals surface area contributed by atoms with Gasteiger partial charge in [0, 0.05) is 17.7 Å². The van der Waals surface area contributed by atoms with Crippen molar-refractivity contribution in [1.29, 1.82) is 0 Å². The molecule has 0 heterocycles. The van der Waals surface area contributed by atoms with Crippen molar-refractivity contribution in [2.24, 2.45) is 5.10 Å². The first kappa shape index (κ1) is 23.9. The number of rotatable bonds is 8. The molecule has 3 rings (SSSR count). The fraction of sp³-hybridized carbons (Fsp3) is 0.0455. The number of ether oxygens (including phenoxy) is 1. The molecule has 0 fully saturated rings. The third-order valence-electron chi connectivity index (χ3n) is 4.16. The number of carbonyl (C=O) groups is 2. The van der Waals surface area contributed by atoms with Crippen LogP contribution in [0.3, 0.4) is 0 Å². The van der Waals surface area contributed by atoms with Crippen LogP contribution in [-0.4, -0.2) is 29.6 Å². The highest BCUT2D eigenvalue weighted by atomic mass is 79.9. The van der Waals surface area contributed by atoms with Gasteiger partial charge in [-0.1, -0.05) is 29.8 Å². The predicted molar refractivity (Wildman–Crippen MR) is 128 cm³/mol. The number of hydrazone groups is 1. The summed E-state index contributed by atoms with van der Waals surface area (Å²) in [5.41, 5.74) is 3.36. The van der Waals surface area contributed by atoms with Gasteiger partial charge < -0.3 is 10.1 Å². The zero-order valence-corrected chi connectivity index (χ0v) is 19.2. The van der Waals surface area contributed by atoms with Crippen molar-refractivity contribution in [2.45, 2.75) is 0 Å². The molecule has 11 heteroatoms. The number of nitro benzene ring substituents is 1. The molecule has 0 saturated carbocycles. The standard InChI is InChI=1S/C22H16BrClN4O5/c23-17-10-14(12-25-27-22(30)15-4-3-5-16(11-15)28(31)32)8-9-20(17)33-13-21(29)26-19-7-2-1-6-18(19)24/h1-12H,13H2,(H,26,29)(H,27,30)/b25-12+. The summed E-state index contributed by atoms with van der Waals surface area (Å²) < 4.78 is 6.10. The minimum atomic E-state index is -0.585. The fourth-order valence-electron chi connectivity index (χ4n) is 2.60. The minimum absolute atomic E-state index is 0.112. The number of non-ortho nitro benzene ring substituents is 1. The molecule has 33 heavy (non-hydrogen) atoms. The van der Waals surface area contributed by atoms with E-state index in [2.05, 4.69) is 31.8 Å². The van der Waals surface area contributed by atoms with Crippen LogP contribution in [-0.2, 0) is 4.79 Å². The van der Waals surface area contributed by atoms with Crippen molar-refractivity contribution in [3.05, 3.63) is 97.5 Å². The van der Waals surface area contributed by atoms with Gasteiger partial charge in [-0.05, 0) is 57.9 Å². The minimum Gasteiger partial charge on any atom is -0.483 e. The molecule has 2 amide bonds. The second-order valence-corrected chi connectivity index (χ2v) is 7.77. The second-order valence-electron chi connectivity index (χ2n) is 6.51. The zero-order valence-electron chi connectivity index (χ0n) is 16.8. The first-order valence-corrected chi connectivity index (χ1v) is 10.5. The van der Waals surface area contributed by atoms with Crippen LogP contribution in [0.2, 0.25) is 5.02 Å². The number of nitrogens with one attached hydrogen (secondary N) is 2. The van der Waals surface area contributed by atoms with Gasteiger partial charge in [-0.2, -0.15) is 5.10 Å². The highest BCUT2D eigenvalue weighted by Crippen LogP contribution is 2.26. The lowest BCUT2D eigenvalue weighted by molar-refractivity contribution is -0.384. The molecule has 0 aliphatic carbocycles. The van der Waals surface area contributed by atoms with Crippen molar-refractivity contribution in [3.63, 3.8) is 0 Å². The quantitative estimate of drug-likeness (QED) is 0.246. The largest absolute Gasteiger partial charge is 0.483 e. The van der Waals surface area contributed by atoms with Gasteiger partial charge in [0.2, 0.25) is 0 Å². The van der Waals surface area contributed by atoms with Crippen LogP contribution in [0.5, 0.6) is 5.75 Å². The smallest absolute Gasteiger partial charge is 0.271 e. The molecule has 0 unspecified atom stereocenters. The monoisotopic (exact) mass is 530 g/mol. The number of halogens is 2. The molecule has 0 spiro atoms. The lowest BCUT2D eigenvalue weighted by atomic mass is 10.2. The molecule has 168 valence electrons. The number of hydrogen-bond acceptors (Lipinski definition) is 6. The highest BCUT2D eigenvalue weighted by molar-refractivity contribution is 9.10. The summed E-state index contributed by atoms with van der Waals surface area (Å²) >= 11 is 9.38. The molecule has 0 saturated heterocycles. The van der Waals surface area contributed by atoms with Crippen molar-refractivity contribution in [3.8, 4) is 5.75 Å². The molecular weight excluding hydrogens is 516 g/mol. The zero-order chi connectivity index (χ0) is 23.8. The van der Waals surface area contributed by atoms with Crippen molar-refractivity contribution >= 4 is 56.9 Å². The van der Waals surface area contributed by atoms with Gasteiger partial charge in [0.15, 0.2) is 6.61 Å². The molecule has 0 radical (unpaired) electrons. The lowest BCUT2D eigenvalue weighted by Gasteiger charge is -2.10. The average molecular weight is 532 g/mol. The SMILES string of the molecule is O=C(COc1ccc(/C=N/NC(=O)c2cccc([N+](=O)[O-])c2)cc1Br)Nc1ccccc1Cl. The van der Waals surface area contributed by atoms with Gasteiger partial charge in [-0.3, -0.25) is 19.7 Å². The second kappa shape index (κ2) is 11.2. The first-order valence-electron chi connectivity index (χ1n) is 9.38. The summed E-state index contributed by atoms with van der Waals surface area (Å²) in [6.07, 6.45) is 1.40. The van der Waals surface area contributed by atoms with E-state index < -0.39 is 10.8 Å². The van der Waals surface area contributed by atoms with E-state index in [0.717, 1.165) is 6.07 Å². The molecule has 0 bridgehead atoms. The van der Waals surface area contributed by atoms with E-state index >= 15 is 0 Å². The van der Waals surface area contributed by atoms with Crippen molar-refractivity contribution in [1.82, 2.24) is 5.43 Å². The van der Waals surface area contributed by atoms with Crippen LogP contribution in [0.25, 0.3) is 0 Å². The summed E-state index contributed by atoms with van der Waals surface area (Å²) in [4.78, 5) is 34.4. The molecule has 0 atom stereocenters. The van der Waals surface area contributed by atoms with E-state index in [-0.39, 0.29) is 23.8 Å². The normalized spacial score (nSPS) is 10.6. The number of carbonyl (C=O) groups excluding carboxylic acids is 2. The van der Waals surface area contributed by atoms with Gasteiger partial charge in [0.05, 0.1) is 26.3 Å². The summed E-state index contributed by atoms with van der Waals surface area (Å²) in [7, 11) is 0. The number of benzene rings is 3. The maximum absolute atomic E-state index is 12.1. The van der Waals surface area contributed by atoms with Crippen LogP contribution in [0.15, 0.2) is 76.3 Å². The Hall–Kier alpha value is -3.76. The number of anilines is 1. The molecular formula is C22H16BrClN4O5. The van der Waals surface area contributed by atoms with Gasteiger partial charge in [-0.25, -0.2) is 5.43 Å². The molecule has 3 aromatic rings. The van der Waals surface area contributed by atoms with E-state index in [1.54, 1.807) is 42.5 Å². The van der Waals surface area contributed by atoms with Crippen molar-refractivity contribution in [2.75, 3.05) is 11.9 Å². The Balaban J connectivity index is 1.54. The van der Waals surface area contributed by atoms with E-state index in [1.165, 1.54) is 24.4 Å². The first-order chi connectivity index (χ1) is 15.8. The summed E-state index contributed by atoms with van der Waals surface area (Å²) in [5.74, 6) is -0.523. The number of hydrogen-bond donors (Lipinski definition) is 2. The molecule has 0 aliphatic heterocycles. The Morgan fingerprint density at radius 3 is 2.64 bits per heavy atom. The highest BCUT2D eigenvalue weighted by Gasteiger charge is 2.11. The van der Waals surface area contributed by atoms with E-state index in [0.29, 0.717) is 26.5 Å². The van der Waals surface area contributed by atoms with Crippen LogP contribution in [0.4, 0.5) is 11.4 Å². The fourth-order valence-corrected chi connectivity index (χ4v) is 3.29. The maximum atomic E-state index is 12.1. The van der Waals surface area contributed by atoms with Gasteiger partial charge in [0.25, 0.3) is 17.5 Å². The summed E-state index contributed by atoms with van der Waals surface area (Å²) in [5, 5.41) is 17.8. The third kappa shape index (κ3) is 6.86. The number of amides is 2. The number of nitrogens with zero attached hydrogens (tertiary/aromatic N) is 2. The predicted octanol–water partition coefficient (Wildman–Crippen LogP) is 4.79. The van der Waals surface area contributed by atoms with Crippen LogP contribution >= 0.6 is 27.5 Å². The Bertz CT molecular complexity index is 1230. The Kier molecular flexibility index (Phi) is 8.11. The molecule has 2 N–H and O–H groups in total. The number of nitro groups is 1. The van der Waals surface area contributed by atoms with Gasteiger partial charge in [0.1, 0.15) is 5.75 Å². The summed E-state index contributed by atoms with van der Waals surface area (Å²) in [6, 6.07) is 17.2. The average Bonchev–Trinajstić information content (AvgIpc) is 2.80. The topological polar surface area (TPSA) is 123 Å². The molecule has 0 aliphatic rings. The maximum Gasteiger partial charge on any atom is 0.271 e. The van der Waals surface area contributed by atoms with E-state index in [1.807, 2.05) is 0 Å².